The summed E-state index contributed by atoms with van der Waals surface area (Å²) in [6.45, 7) is 2.10. The summed E-state index contributed by atoms with van der Waals surface area (Å²) >= 11 is 3.40. The topological polar surface area (TPSA) is 25.8 Å². The molecule has 0 unspecified atom stereocenters. The lowest BCUT2D eigenvalue weighted by Gasteiger charge is -2.00. The van der Waals surface area contributed by atoms with Crippen LogP contribution in [0.2, 0.25) is 0 Å². The Balaban J connectivity index is 2.33. The maximum absolute atomic E-state index is 4.32. The van der Waals surface area contributed by atoms with Gasteiger partial charge in [0.1, 0.15) is 0 Å². The minimum Gasteiger partial charge on any atom is -0.236 e. The van der Waals surface area contributed by atoms with E-state index in [0.29, 0.717) is 0 Å². The van der Waals surface area contributed by atoms with Crippen molar-refractivity contribution in [2.75, 3.05) is 0 Å². The Labute approximate surface area is 97.5 Å². The molecule has 0 amide bonds. The van der Waals surface area contributed by atoms with Gasteiger partial charge in [0, 0.05) is 22.4 Å². The molecule has 1 heterocycles. The highest BCUT2D eigenvalue weighted by Gasteiger charge is 2.00. The second-order valence-corrected chi connectivity index (χ2v) is 4.19. The van der Waals surface area contributed by atoms with Crippen molar-refractivity contribution in [3.05, 3.63) is 46.7 Å². The van der Waals surface area contributed by atoms with Crippen LogP contribution in [0.25, 0.3) is 11.4 Å². The second-order valence-electron chi connectivity index (χ2n) is 3.28. The van der Waals surface area contributed by atoms with Gasteiger partial charge in [-0.1, -0.05) is 35.0 Å². The molecule has 0 saturated heterocycles. The van der Waals surface area contributed by atoms with E-state index in [1.165, 1.54) is 0 Å². The van der Waals surface area contributed by atoms with E-state index in [2.05, 4.69) is 32.8 Å². The van der Waals surface area contributed by atoms with E-state index < -0.39 is 0 Å². The van der Waals surface area contributed by atoms with E-state index in [-0.39, 0.29) is 0 Å². The number of rotatable bonds is 2. The molecule has 0 spiro atoms. The maximum atomic E-state index is 4.32. The minimum atomic E-state index is 0.778. The quantitative estimate of drug-likeness (QED) is 0.829. The summed E-state index contributed by atoms with van der Waals surface area (Å²) in [7, 11) is 0. The van der Waals surface area contributed by atoms with Crippen molar-refractivity contribution in [2.24, 2.45) is 0 Å². The van der Waals surface area contributed by atoms with Crippen molar-refractivity contribution >= 4 is 15.9 Å². The molecule has 1 aromatic heterocycles. The summed E-state index contributed by atoms with van der Waals surface area (Å²) in [5.74, 6) is 0.778. The van der Waals surface area contributed by atoms with Gasteiger partial charge in [0.05, 0.1) is 0 Å². The van der Waals surface area contributed by atoms with Gasteiger partial charge in [-0.15, -0.1) is 0 Å². The lowest BCUT2D eigenvalue weighted by atomic mass is 10.2. The molecule has 0 radical (unpaired) electrons. The molecular formula is C12H11BrN2. The first-order chi connectivity index (χ1) is 7.29. The Morgan fingerprint density at radius 2 is 1.67 bits per heavy atom. The number of halogens is 1. The Bertz CT molecular complexity index is 434. The molecule has 15 heavy (non-hydrogen) atoms. The Kier molecular flexibility index (Phi) is 3.11. The van der Waals surface area contributed by atoms with Crippen molar-refractivity contribution in [3.63, 3.8) is 0 Å². The van der Waals surface area contributed by atoms with Crippen LogP contribution in [0.3, 0.4) is 0 Å². The monoisotopic (exact) mass is 262 g/mol. The first kappa shape index (κ1) is 10.3. The van der Waals surface area contributed by atoms with Crippen molar-refractivity contribution in [1.82, 2.24) is 9.97 Å². The summed E-state index contributed by atoms with van der Waals surface area (Å²) in [6, 6.07) is 7.99. The van der Waals surface area contributed by atoms with Crippen LogP contribution in [0, 0.1) is 0 Å². The summed E-state index contributed by atoms with van der Waals surface area (Å²) in [5, 5.41) is 0. The summed E-state index contributed by atoms with van der Waals surface area (Å²) in [4.78, 5) is 8.65. The predicted octanol–water partition coefficient (Wildman–Crippen LogP) is 3.47. The van der Waals surface area contributed by atoms with Gasteiger partial charge >= 0.3 is 0 Å². The molecule has 0 aliphatic heterocycles. The first-order valence-corrected chi connectivity index (χ1v) is 5.65. The third kappa shape index (κ3) is 2.42. The number of aryl methyl sites for hydroxylation is 1. The highest BCUT2D eigenvalue weighted by Crippen LogP contribution is 2.17. The summed E-state index contributed by atoms with van der Waals surface area (Å²) < 4.78 is 1.07. The van der Waals surface area contributed by atoms with Gasteiger partial charge in [-0.25, -0.2) is 9.97 Å². The van der Waals surface area contributed by atoms with E-state index >= 15 is 0 Å². The number of benzene rings is 1. The normalized spacial score (nSPS) is 10.3. The van der Waals surface area contributed by atoms with Gasteiger partial charge in [-0.3, -0.25) is 0 Å². The lowest BCUT2D eigenvalue weighted by molar-refractivity contribution is 1.05. The number of aromatic nitrogens is 2. The molecule has 0 bridgehead atoms. The Morgan fingerprint density at radius 1 is 1.07 bits per heavy atom. The fourth-order valence-corrected chi connectivity index (χ4v) is 1.55. The molecule has 0 aliphatic carbocycles. The molecule has 76 valence electrons. The molecule has 0 fully saturated rings. The lowest BCUT2D eigenvalue weighted by Crippen LogP contribution is -1.90. The Morgan fingerprint density at radius 3 is 2.20 bits per heavy atom. The van der Waals surface area contributed by atoms with Crippen LogP contribution in [0.15, 0.2) is 41.1 Å². The van der Waals surface area contributed by atoms with E-state index in [4.69, 9.17) is 0 Å². The smallest absolute Gasteiger partial charge is 0.159 e. The minimum absolute atomic E-state index is 0.778. The van der Waals surface area contributed by atoms with Crippen LogP contribution >= 0.6 is 15.9 Å². The predicted molar refractivity (Wildman–Crippen MR) is 64.5 cm³/mol. The number of nitrogens with zero attached hydrogens (tertiary/aromatic N) is 2. The third-order valence-corrected chi connectivity index (χ3v) is 2.74. The highest BCUT2D eigenvalue weighted by molar-refractivity contribution is 9.10. The van der Waals surface area contributed by atoms with Crippen LogP contribution < -0.4 is 0 Å². The van der Waals surface area contributed by atoms with E-state index in [9.17, 15) is 0 Å². The molecule has 0 N–H and O–H groups in total. The van der Waals surface area contributed by atoms with Gasteiger partial charge in [0.2, 0.25) is 0 Å². The first-order valence-electron chi connectivity index (χ1n) is 4.86. The molecule has 2 nitrogen and oxygen atoms in total. The van der Waals surface area contributed by atoms with E-state index in [0.717, 1.165) is 27.8 Å². The van der Waals surface area contributed by atoms with E-state index in [1.54, 1.807) is 0 Å². The molecule has 2 aromatic rings. The fraction of sp³-hybridized carbons (Fsp3) is 0.167. The van der Waals surface area contributed by atoms with Crippen molar-refractivity contribution in [1.29, 1.82) is 0 Å². The number of hydrogen-bond acceptors (Lipinski definition) is 2. The van der Waals surface area contributed by atoms with Gasteiger partial charge in [-0.2, -0.15) is 0 Å². The van der Waals surface area contributed by atoms with Gasteiger partial charge < -0.3 is 0 Å². The van der Waals surface area contributed by atoms with Crippen molar-refractivity contribution in [2.45, 2.75) is 13.3 Å². The molecule has 2 rings (SSSR count). The maximum Gasteiger partial charge on any atom is 0.159 e. The van der Waals surface area contributed by atoms with E-state index in [1.807, 2.05) is 36.7 Å². The molecular weight excluding hydrogens is 252 g/mol. The van der Waals surface area contributed by atoms with Gasteiger partial charge in [0.25, 0.3) is 0 Å². The van der Waals surface area contributed by atoms with Crippen LogP contribution in [0.1, 0.15) is 12.5 Å². The Hall–Kier alpha value is -1.22. The second kappa shape index (κ2) is 4.53. The summed E-state index contributed by atoms with van der Waals surface area (Å²) in [6.07, 6.45) is 4.73. The molecule has 3 heteroatoms. The van der Waals surface area contributed by atoms with Crippen molar-refractivity contribution in [3.8, 4) is 11.4 Å². The van der Waals surface area contributed by atoms with Crippen LogP contribution in [0.5, 0.6) is 0 Å². The third-order valence-electron chi connectivity index (χ3n) is 2.22. The zero-order chi connectivity index (χ0) is 10.7. The van der Waals surface area contributed by atoms with Crippen molar-refractivity contribution < 1.29 is 0 Å². The zero-order valence-electron chi connectivity index (χ0n) is 8.44. The SMILES string of the molecule is CCc1cnc(-c2ccc(Br)cc2)nc1. The highest BCUT2D eigenvalue weighted by atomic mass is 79.9. The average molecular weight is 263 g/mol. The largest absolute Gasteiger partial charge is 0.236 e. The van der Waals surface area contributed by atoms with Gasteiger partial charge in [0.15, 0.2) is 5.82 Å². The molecule has 0 saturated carbocycles. The van der Waals surface area contributed by atoms with Crippen LogP contribution in [0.4, 0.5) is 0 Å². The molecule has 0 atom stereocenters. The fourth-order valence-electron chi connectivity index (χ4n) is 1.29. The van der Waals surface area contributed by atoms with Gasteiger partial charge in [-0.05, 0) is 24.1 Å². The zero-order valence-corrected chi connectivity index (χ0v) is 10.0. The summed E-state index contributed by atoms with van der Waals surface area (Å²) in [5.41, 5.74) is 2.21. The molecule has 0 aliphatic rings. The number of hydrogen-bond donors (Lipinski definition) is 0. The molecule has 1 aromatic carbocycles. The van der Waals surface area contributed by atoms with Crippen LogP contribution in [-0.2, 0) is 6.42 Å². The standard InChI is InChI=1S/C12H11BrN2/c1-2-9-7-14-12(15-8-9)10-3-5-11(13)6-4-10/h3-8H,2H2,1H3. The average Bonchev–Trinajstić information content (AvgIpc) is 2.30. The van der Waals surface area contributed by atoms with Crippen LogP contribution in [-0.4, -0.2) is 9.97 Å².